The lowest BCUT2D eigenvalue weighted by Gasteiger charge is -2.52. The molecule has 11 atom stereocenters. The van der Waals surface area contributed by atoms with Crippen molar-refractivity contribution in [2.45, 2.75) is 127 Å². The Morgan fingerprint density at radius 1 is 0.661 bits per heavy atom. The van der Waals surface area contributed by atoms with Crippen molar-refractivity contribution >= 4 is 0 Å². The molecule has 1 aromatic rings. The van der Waals surface area contributed by atoms with Crippen LogP contribution in [0.2, 0.25) is 0 Å². The fourth-order valence-electron chi connectivity index (χ4n) is 15.0. The highest BCUT2D eigenvalue weighted by molar-refractivity contribution is 5.56. The molecule has 0 amide bonds. The Morgan fingerprint density at radius 2 is 1.49 bits per heavy atom. The van der Waals surface area contributed by atoms with Crippen LogP contribution < -0.4 is 0 Å². The average Bonchev–Trinajstić information content (AvgIpc) is 3.74. The molecule has 0 bridgehead atoms. The number of fused-ring (bicyclic) bond motifs is 6. The molecule has 11 unspecified atom stereocenters. The van der Waals surface area contributed by atoms with Gasteiger partial charge in [0.15, 0.2) is 0 Å². The Kier molecular flexibility index (Phi) is 9.99. The molecule has 0 N–H and O–H groups in total. The van der Waals surface area contributed by atoms with E-state index in [-0.39, 0.29) is 10.8 Å². The minimum absolute atomic E-state index is 0.0939. The third kappa shape index (κ3) is 6.25. The minimum Gasteiger partial charge on any atom is -0.290 e. The molecule has 10 aliphatic carbocycles. The zero-order chi connectivity index (χ0) is 39.6. The lowest BCUT2D eigenvalue weighted by molar-refractivity contribution is 0.0539. The van der Waals surface area contributed by atoms with Gasteiger partial charge in [0, 0.05) is 34.9 Å². The van der Waals surface area contributed by atoms with Crippen molar-refractivity contribution in [2.24, 2.45) is 46.8 Å². The van der Waals surface area contributed by atoms with Gasteiger partial charge in [-0.3, -0.25) is 4.90 Å². The maximum atomic E-state index is 3.15. The largest absolute Gasteiger partial charge is 0.290 e. The van der Waals surface area contributed by atoms with E-state index < -0.39 is 0 Å². The predicted octanol–water partition coefficient (Wildman–Crippen LogP) is 14.1. The summed E-state index contributed by atoms with van der Waals surface area (Å²) in [5.41, 5.74) is 9.95. The van der Waals surface area contributed by atoms with Crippen LogP contribution in [-0.2, 0) is 5.41 Å². The molecule has 1 aromatic carbocycles. The van der Waals surface area contributed by atoms with E-state index in [2.05, 4.69) is 165 Å². The number of hydrogen-bond donors (Lipinski definition) is 0. The number of nitrogens with zero attached hydrogens (tertiary/aromatic N) is 1. The van der Waals surface area contributed by atoms with Crippen molar-refractivity contribution in [1.82, 2.24) is 4.90 Å². The summed E-state index contributed by atoms with van der Waals surface area (Å²) < 4.78 is 0. The topological polar surface area (TPSA) is 3.24 Å². The van der Waals surface area contributed by atoms with Gasteiger partial charge in [-0.15, -0.1) is 0 Å². The van der Waals surface area contributed by atoms with Crippen LogP contribution in [-0.4, -0.2) is 23.0 Å². The van der Waals surface area contributed by atoms with Gasteiger partial charge in [-0.25, -0.2) is 0 Å². The van der Waals surface area contributed by atoms with Gasteiger partial charge in [-0.05, 0) is 147 Å². The number of allylic oxidation sites excluding steroid dienone is 21. The van der Waals surface area contributed by atoms with Gasteiger partial charge in [0.25, 0.3) is 0 Å². The first-order valence-electron chi connectivity index (χ1n) is 24.1. The summed E-state index contributed by atoms with van der Waals surface area (Å²) in [5, 5.41) is 0. The molecule has 59 heavy (non-hydrogen) atoms. The van der Waals surface area contributed by atoms with E-state index in [9.17, 15) is 0 Å². The zero-order valence-corrected chi connectivity index (χ0v) is 35.8. The molecule has 0 aliphatic heterocycles. The lowest BCUT2D eigenvalue weighted by atomic mass is 9.54. The van der Waals surface area contributed by atoms with Crippen molar-refractivity contribution in [1.29, 1.82) is 0 Å². The Bertz CT molecular complexity index is 2150. The minimum atomic E-state index is 0.0939. The molecule has 0 aromatic heterocycles. The summed E-state index contributed by atoms with van der Waals surface area (Å²) in [6, 6.07) is 11.1. The fraction of sp³-hybridized carbons (Fsp3) is 0.483. The van der Waals surface area contributed by atoms with E-state index in [0.717, 1.165) is 0 Å². The predicted molar refractivity (Wildman–Crippen MR) is 248 cm³/mol. The lowest BCUT2D eigenvalue weighted by Crippen LogP contribution is -2.53. The smallest absolute Gasteiger partial charge is 0.0284 e. The van der Waals surface area contributed by atoms with Crippen molar-refractivity contribution in [3.05, 3.63) is 179 Å². The molecule has 0 heterocycles. The maximum absolute atomic E-state index is 3.15. The Balaban J connectivity index is 0.950. The summed E-state index contributed by atoms with van der Waals surface area (Å²) in [6.07, 6.45) is 66.8. The Morgan fingerprint density at radius 3 is 2.22 bits per heavy atom. The van der Waals surface area contributed by atoms with Crippen molar-refractivity contribution in [3.8, 4) is 0 Å². The summed E-state index contributed by atoms with van der Waals surface area (Å²) in [6.45, 7) is 5.01. The molecule has 1 nitrogen and oxygen atoms in total. The summed E-state index contributed by atoms with van der Waals surface area (Å²) in [5.74, 6) is 4.63. The van der Waals surface area contributed by atoms with Crippen LogP contribution in [0.15, 0.2) is 168 Å². The van der Waals surface area contributed by atoms with Gasteiger partial charge in [0.2, 0.25) is 0 Å². The van der Waals surface area contributed by atoms with Crippen LogP contribution in [0.5, 0.6) is 0 Å². The highest BCUT2D eigenvalue weighted by Crippen LogP contribution is 2.67. The second-order valence-electron chi connectivity index (χ2n) is 20.5. The molecule has 0 spiro atoms. The summed E-state index contributed by atoms with van der Waals surface area (Å²) in [4.78, 5) is 3.15. The van der Waals surface area contributed by atoms with E-state index in [0.29, 0.717) is 65.5 Å². The average molecular weight is 778 g/mol. The van der Waals surface area contributed by atoms with Crippen LogP contribution in [0.4, 0.5) is 0 Å². The standard InChI is InChI=1S/C58H67N/c1-57(2)51-26-12-11-25-50(51)56-54(57)29-16-30-55(56)59(46-35-31-41(32-36-46)43-20-15-19-42(39-43)40-17-5-3-6-18-40)47-37-33-45(34-38-47)58(44-21-7-4-8-22-44)52-27-13-9-23-48(52)49-24-10-14-28-53(49)58/h4-5,7,9-15,17,20-21,23-29,31,33,37,39-40,42,45-49,52-53,55-56H,3,6,8,16,18-19,22,30,32,34-36,38H2,1-2H3. The van der Waals surface area contributed by atoms with Crippen molar-refractivity contribution in [3.63, 3.8) is 0 Å². The van der Waals surface area contributed by atoms with E-state index in [4.69, 9.17) is 0 Å². The van der Waals surface area contributed by atoms with E-state index in [1.54, 1.807) is 27.8 Å². The Labute approximate surface area is 356 Å². The molecular weight excluding hydrogens is 711 g/mol. The first kappa shape index (κ1) is 38.0. The van der Waals surface area contributed by atoms with Crippen molar-refractivity contribution < 1.29 is 0 Å². The van der Waals surface area contributed by atoms with E-state index >= 15 is 0 Å². The van der Waals surface area contributed by atoms with Crippen LogP contribution >= 0.6 is 0 Å². The number of rotatable bonds is 7. The van der Waals surface area contributed by atoms with E-state index in [1.807, 2.05) is 0 Å². The highest BCUT2D eigenvalue weighted by atomic mass is 15.2. The highest BCUT2D eigenvalue weighted by Gasteiger charge is 2.62. The molecule has 11 rings (SSSR count). The molecule has 1 heteroatoms. The van der Waals surface area contributed by atoms with Crippen molar-refractivity contribution in [2.75, 3.05) is 0 Å². The Hall–Kier alpha value is -3.94. The quantitative estimate of drug-likeness (QED) is 0.249. The van der Waals surface area contributed by atoms with E-state index in [1.165, 1.54) is 89.0 Å². The number of benzene rings is 1. The molecule has 304 valence electrons. The maximum Gasteiger partial charge on any atom is 0.0284 e. The second kappa shape index (κ2) is 15.5. The van der Waals surface area contributed by atoms with Gasteiger partial charge < -0.3 is 0 Å². The first-order valence-corrected chi connectivity index (χ1v) is 24.1. The number of hydrogen-bond acceptors (Lipinski definition) is 1. The van der Waals surface area contributed by atoms with Crippen LogP contribution in [0.25, 0.3) is 0 Å². The van der Waals surface area contributed by atoms with Crippen LogP contribution in [0.3, 0.4) is 0 Å². The van der Waals surface area contributed by atoms with Gasteiger partial charge in [0.05, 0.1) is 0 Å². The summed E-state index contributed by atoms with van der Waals surface area (Å²) in [7, 11) is 0. The second-order valence-corrected chi connectivity index (χ2v) is 20.5. The molecule has 10 aliphatic rings. The molecule has 0 saturated heterocycles. The zero-order valence-electron chi connectivity index (χ0n) is 35.8. The van der Waals surface area contributed by atoms with Crippen LogP contribution in [0, 0.1) is 46.8 Å². The molecule has 1 saturated carbocycles. The van der Waals surface area contributed by atoms with Gasteiger partial charge >= 0.3 is 0 Å². The SMILES string of the molecule is CC1(C)C2=CCCC(N(C3C=CC(C4(C5=CC=CCC5)C5C=CC=CC5C5C=CC=CC54)CC3)C3CC=C(C4=CC(C5C=CCCC5)CC=C4)CC3)C2c2ccccc21. The summed E-state index contributed by atoms with van der Waals surface area (Å²) >= 11 is 0. The van der Waals surface area contributed by atoms with Crippen LogP contribution in [0.1, 0.15) is 114 Å². The molecular formula is C58H67N. The molecule has 1 fully saturated rings. The normalized spacial score (nSPS) is 39.9. The van der Waals surface area contributed by atoms with Gasteiger partial charge in [0.1, 0.15) is 0 Å². The third-order valence-electron chi connectivity index (χ3n) is 17.5. The fourth-order valence-corrected chi connectivity index (χ4v) is 15.0. The first-order chi connectivity index (χ1) is 29.0. The van der Waals surface area contributed by atoms with Gasteiger partial charge in [-0.2, -0.15) is 0 Å². The van der Waals surface area contributed by atoms with Gasteiger partial charge in [-0.1, -0.05) is 171 Å². The third-order valence-corrected chi connectivity index (χ3v) is 17.5. The monoisotopic (exact) mass is 778 g/mol. The molecule has 0 radical (unpaired) electrons.